The van der Waals surface area contributed by atoms with Gasteiger partial charge in [-0.2, -0.15) is 0 Å². The van der Waals surface area contributed by atoms with E-state index in [9.17, 15) is 9.59 Å². The number of hydrogen-bond acceptors (Lipinski definition) is 6. The van der Waals surface area contributed by atoms with Gasteiger partial charge in [0.2, 0.25) is 0 Å². The topological polar surface area (TPSA) is 91.8 Å². The Morgan fingerprint density at radius 1 is 0.919 bits per heavy atom. The molecule has 0 radical (unpaired) electrons. The minimum atomic E-state index is -2.81. The fourth-order valence-corrected chi connectivity index (χ4v) is 10.2. The number of ether oxygens (including phenoxy) is 3. The molecule has 8 nitrogen and oxygen atoms in total. The second kappa shape index (κ2) is 9.49. The van der Waals surface area contributed by atoms with Crippen molar-refractivity contribution in [3.8, 4) is 0 Å². The van der Waals surface area contributed by atoms with E-state index >= 15 is 0 Å². The monoisotopic (exact) mass is 522 g/mol. The highest BCUT2D eigenvalue weighted by Gasteiger charge is 2.58. The first-order chi connectivity index (χ1) is 17.5. The molecule has 3 heterocycles. The van der Waals surface area contributed by atoms with Crippen LogP contribution >= 0.6 is 0 Å². The molecule has 5 rings (SSSR count). The number of nitrogens with zero attached hydrogens (tertiary/aromatic N) is 1. The largest absolute Gasteiger partial charge is 0.405 e. The van der Waals surface area contributed by atoms with Gasteiger partial charge in [-0.15, -0.1) is 0 Å². The van der Waals surface area contributed by atoms with Gasteiger partial charge in [0.25, 0.3) is 13.9 Å². The fourth-order valence-electron chi connectivity index (χ4n) is 5.61. The summed E-state index contributed by atoms with van der Waals surface area (Å²) >= 11 is 0. The maximum atomic E-state index is 12.6. The minimum absolute atomic E-state index is 0.199. The third-order valence-corrected chi connectivity index (χ3v) is 12.1. The first-order valence-electron chi connectivity index (χ1n) is 12.6. The van der Waals surface area contributed by atoms with Crippen molar-refractivity contribution in [3.63, 3.8) is 0 Å². The Balaban J connectivity index is 1.52. The van der Waals surface area contributed by atoms with Crippen molar-refractivity contribution in [1.82, 2.24) is 9.55 Å². The average molecular weight is 523 g/mol. The van der Waals surface area contributed by atoms with Gasteiger partial charge in [0.15, 0.2) is 12.0 Å². The summed E-state index contributed by atoms with van der Waals surface area (Å²) in [6.07, 6.45) is -0.798. The van der Waals surface area contributed by atoms with Crippen molar-refractivity contribution in [2.24, 2.45) is 0 Å². The highest BCUT2D eigenvalue weighted by Crippen LogP contribution is 2.44. The van der Waals surface area contributed by atoms with E-state index in [1.54, 1.807) is 0 Å². The van der Waals surface area contributed by atoms with E-state index < -0.39 is 49.9 Å². The maximum Gasteiger partial charge on any atom is 0.330 e. The van der Waals surface area contributed by atoms with Crippen LogP contribution in [0.2, 0.25) is 5.04 Å². The predicted octanol–water partition coefficient (Wildman–Crippen LogP) is 2.53. The highest BCUT2D eigenvalue weighted by molar-refractivity contribution is 6.99. The second-order valence-electron chi connectivity index (χ2n) is 11.1. The molecule has 0 aliphatic carbocycles. The molecule has 0 unspecified atom stereocenters. The number of aromatic amines is 1. The van der Waals surface area contributed by atoms with Crippen LogP contribution in [0.3, 0.4) is 0 Å². The van der Waals surface area contributed by atoms with Gasteiger partial charge in [0.1, 0.15) is 18.3 Å². The van der Waals surface area contributed by atoms with Crippen molar-refractivity contribution >= 4 is 18.7 Å². The molecule has 0 spiro atoms. The van der Waals surface area contributed by atoms with Gasteiger partial charge in [-0.25, -0.2) is 4.79 Å². The maximum absolute atomic E-state index is 12.6. The Hall–Kier alpha value is -2.82. The number of benzene rings is 2. The highest BCUT2D eigenvalue weighted by atomic mass is 28.4. The van der Waals surface area contributed by atoms with E-state index in [0.717, 1.165) is 0 Å². The van der Waals surface area contributed by atoms with Crippen molar-refractivity contribution < 1.29 is 18.6 Å². The van der Waals surface area contributed by atoms with Crippen molar-refractivity contribution in [2.75, 3.05) is 6.61 Å². The Morgan fingerprint density at radius 2 is 1.49 bits per heavy atom. The molecule has 37 heavy (non-hydrogen) atoms. The number of fused-ring (bicyclic) bond motifs is 1. The molecule has 0 amide bonds. The number of nitrogens with one attached hydrogen (secondary N) is 1. The molecule has 2 fully saturated rings. The van der Waals surface area contributed by atoms with E-state index in [2.05, 4.69) is 50.0 Å². The van der Waals surface area contributed by atoms with Crippen LogP contribution in [0.1, 0.15) is 40.8 Å². The van der Waals surface area contributed by atoms with Crippen LogP contribution in [0.25, 0.3) is 0 Å². The summed E-state index contributed by atoms with van der Waals surface area (Å²) in [6, 6.07) is 22.1. The molecule has 2 aliphatic heterocycles. The van der Waals surface area contributed by atoms with Gasteiger partial charge < -0.3 is 18.6 Å². The van der Waals surface area contributed by atoms with Crippen LogP contribution in [0.4, 0.5) is 0 Å². The molecule has 2 saturated heterocycles. The first kappa shape index (κ1) is 25.8. The number of rotatable bonds is 6. The molecule has 1 aromatic heterocycles. The summed E-state index contributed by atoms with van der Waals surface area (Å²) in [5.41, 5.74) is -1.02. The van der Waals surface area contributed by atoms with Crippen LogP contribution < -0.4 is 21.6 Å². The summed E-state index contributed by atoms with van der Waals surface area (Å²) in [5, 5.41) is 2.14. The predicted molar refractivity (Wildman–Crippen MR) is 143 cm³/mol. The number of hydrogen-bond donors (Lipinski definition) is 1. The smallest absolute Gasteiger partial charge is 0.330 e. The average Bonchev–Trinajstić information content (AvgIpc) is 3.33. The lowest BCUT2D eigenvalue weighted by Gasteiger charge is -2.43. The molecule has 2 aliphatic rings. The van der Waals surface area contributed by atoms with Crippen LogP contribution in [-0.4, -0.2) is 48.6 Å². The lowest BCUT2D eigenvalue weighted by Crippen LogP contribution is -2.67. The lowest BCUT2D eigenvalue weighted by atomic mass is 10.1. The van der Waals surface area contributed by atoms with Gasteiger partial charge in [0.05, 0.1) is 6.61 Å². The molecule has 3 aromatic rings. The zero-order chi connectivity index (χ0) is 26.4. The van der Waals surface area contributed by atoms with E-state index in [1.807, 2.05) is 50.2 Å². The molecule has 4 atom stereocenters. The molecule has 0 saturated carbocycles. The van der Waals surface area contributed by atoms with Crippen LogP contribution in [0.15, 0.2) is 82.5 Å². The number of aromatic nitrogens is 2. The molecular weight excluding hydrogens is 488 g/mol. The van der Waals surface area contributed by atoms with Gasteiger partial charge >= 0.3 is 5.69 Å². The Morgan fingerprint density at radius 3 is 2.03 bits per heavy atom. The molecule has 196 valence electrons. The zero-order valence-electron chi connectivity index (χ0n) is 21.8. The fraction of sp³-hybridized carbons (Fsp3) is 0.429. The van der Waals surface area contributed by atoms with Crippen molar-refractivity contribution in [3.05, 3.63) is 93.8 Å². The van der Waals surface area contributed by atoms with Gasteiger partial charge in [-0.3, -0.25) is 14.3 Å². The summed E-state index contributed by atoms with van der Waals surface area (Å²) < 4.78 is 27.3. The second-order valence-corrected chi connectivity index (χ2v) is 15.4. The minimum Gasteiger partial charge on any atom is -0.405 e. The SMILES string of the molecule is CC1(C)O[C@@H]2[C@H](O1)[C@@H](CO[Si](c1ccccc1)(c1ccccc1)C(C)(C)C)O[C@H]2n1ccc(=O)[nH]c1=O. The van der Waals surface area contributed by atoms with Gasteiger partial charge in [-0.05, 0) is 29.3 Å². The van der Waals surface area contributed by atoms with Gasteiger partial charge in [-0.1, -0.05) is 81.4 Å². The summed E-state index contributed by atoms with van der Waals surface area (Å²) in [4.78, 5) is 26.6. The Labute approximate surface area is 217 Å². The number of H-pyrrole nitrogens is 1. The summed E-state index contributed by atoms with van der Waals surface area (Å²) in [7, 11) is -2.81. The normalized spacial score (nSPS) is 25.2. The third-order valence-electron chi connectivity index (χ3n) is 7.13. The first-order valence-corrected chi connectivity index (χ1v) is 14.5. The summed E-state index contributed by atoms with van der Waals surface area (Å²) in [6.45, 7) is 10.6. The molecule has 2 aromatic carbocycles. The van der Waals surface area contributed by atoms with E-state index in [1.165, 1.54) is 27.2 Å². The van der Waals surface area contributed by atoms with E-state index in [-0.39, 0.29) is 11.6 Å². The van der Waals surface area contributed by atoms with Crippen molar-refractivity contribution in [1.29, 1.82) is 0 Å². The zero-order valence-corrected chi connectivity index (χ0v) is 22.8. The summed E-state index contributed by atoms with van der Waals surface area (Å²) in [5.74, 6) is -0.848. The quantitative estimate of drug-likeness (QED) is 0.501. The van der Waals surface area contributed by atoms with Crippen LogP contribution in [0, 0.1) is 0 Å². The van der Waals surface area contributed by atoms with Gasteiger partial charge in [0, 0.05) is 12.3 Å². The molecule has 0 bridgehead atoms. The third kappa shape index (κ3) is 4.66. The molecule has 9 heteroatoms. The standard InChI is InChI=1S/C28H34N2O6Si/c1-27(2,3)37(19-12-8-6-9-13-19,20-14-10-7-11-15-20)33-18-21-23-24(36-28(4,5)35-23)25(34-21)30-17-16-22(31)29-26(30)32/h6-17,21,23-25H,18H2,1-5H3,(H,29,31,32)/t21-,23-,24-,25-/m1/s1. The molecular formula is C28H34N2O6Si. The van der Waals surface area contributed by atoms with E-state index in [4.69, 9.17) is 18.6 Å². The van der Waals surface area contributed by atoms with Crippen LogP contribution in [0.5, 0.6) is 0 Å². The van der Waals surface area contributed by atoms with E-state index in [0.29, 0.717) is 0 Å². The Bertz CT molecular complexity index is 1310. The molecule has 1 N–H and O–H groups in total. The Kier molecular flexibility index (Phi) is 6.62. The van der Waals surface area contributed by atoms with Crippen LogP contribution in [-0.2, 0) is 18.6 Å². The van der Waals surface area contributed by atoms with Crippen molar-refractivity contribution in [2.45, 2.75) is 70.0 Å². The lowest BCUT2D eigenvalue weighted by molar-refractivity contribution is -0.200.